The summed E-state index contributed by atoms with van der Waals surface area (Å²) in [5.74, 6) is 0.713. The topological polar surface area (TPSA) is 52.7 Å². The van der Waals surface area contributed by atoms with Crippen molar-refractivity contribution in [2.45, 2.75) is 39.5 Å². The Bertz CT molecular complexity index is 589. The Labute approximate surface area is 157 Å². The fraction of sp³-hybridized carbons (Fsp3) is 0.619. The predicted molar refractivity (Wildman–Crippen MR) is 105 cm³/mol. The van der Waals surface area contributed by atoms with Crippen LogP contribution < -0.4 is 5.32 Å². The molecule has 1 aromatic rings. The quantitative estimate of drug-likeness (QED) is 0.776. The molecule has 0 saturated carbocycles. The van der Waals surface area contributed by atoms with Crippen LogP contribution in [0.25, 0.3) is 0 Å². The van der Waals surface area contributed by atoms with Crippen molar-refractivity contribution in [2.24, 2.45) is 5.92 Å². The summed E-state index contributed by atoms with van der Waals surface area (Å²) in [6, 6.07) is 7.23. The summed E-state index contributed by atoms with van der Waals surface area (Å²) >= 11 is 0. The molecule has 0 aromatic heterocycles. The molecule has 144 valence electrons. The third-order valence-corrected chi connectivity index (χ3v) is 5.03. The summed E-state index contributed by atoms with van der Waals surface area (Å²) in [4.78, 5) is 29.4. The van der Waals surface area contributed by atoms with E-state index in [-0.39, 0.29) is 11.8 Å². The molecular weight excluding hydrogens is 326 g/mol. The molecule has 2 amide bonds. The highest BCUT2D eigenvalue weighted by atomic mass is 16.2. The maximum absolute atomic E-state index is 12.8. The van der Waals surface area contributed by atoms with Gasteiger partial charge in [-0.2, -0.15) is 0 Å². The van der Waals surface area contributed by atoms with Gasteiger partial charge in [0.1, 0.15) is 0 Å². The Morgan fingerprint density at radius 1 is 1.12 bits per heavy atom. The van der Waals surface area contributed by atoms with Gasteiger partial charge in [-0.3, -0.25) is 9.59 Å². The number of benzene rings is 1. The Hall–Kier alpha value is -1.88. The monoisotopic (exact) mass is 359 g/mol. The summed E-state index contributed by atoms with van der Waals surface area (Å²) < 4.78 is 0. The molecule has 0 unspecified atom stereocenters. The lowest BCUT2D eigenvalue weighted by molar-refractivity contribution is 0.0691. The van der Waals surface area contributed by atoms with Crippen molar-refractivity contribution in [3.8, 4) is 0 Å². The maximum atomic E-state index is 12.8. The van der Waals surface area contributed by atoms with Crippen molar-refractivity contribution in [3.63, 3.8) is 0 Å². The van der Waals surface area contributed by atoms with E-state index in [0.29, 0.717) is 17.0 Å². The van der Waals surface area contributed by atoms with Gasteiger partial charge in [0.15, 0.2) is 0 Å². The highest BCUT2D eigenvalue weighted by Crippen LogP contribution is 2.19. The number of amides is 2. The third kappa shape index (κ3) is 5.31. The molecule has 0 spiro atoms. The molecule has 0 bridgehead atoms. The second kappa shape index (κ2) is 10.3. The van der Waals surface area contributed by atoms with Crippen LogP contribution in [0.3, 0.4) is 0 Å². The fourth-order valence-corrected chi connectivity index (χ4v) is 3.63. The first-order valence-corrected chi connectivity index (χ1v) is 9.93. The van der Waals surface area contributed by atoms with Gasteiger partial charge < -0.3 is 15.1 Å². The van der Waals surface area contributed by atoms with Crippen molar-refractivity contribution >= 4 is 11.8 Å². The molecule has 0 atom stereocenters. The van der Waals surface area contributed by atoms with Crippen LogP contribution in [-0.2, 0) is 0 Å². The van der Waals surface area contributed by atoms with Crippen LogP contribution in [0.15, 0.2) is 24.3 Å². The van der Waals surface area contributed by atoms with E-state index in [4.69, 9.17) is 0 Å². The highest BCUT2D eigenvalue weighted by Gasteiger charge is 2.24. The zero-order valence-electron chi connectivity index (χ0n) is 16.5. The van der Waals surface area contributed by atoms with E-state index < -0.39 is 0 Å². The first kappa shape index (κ1) is 20.4. The van der Waals surface area contributed by atoms with Gasteiger partial charge in [0.2, 0.25) is 0 Å². The predicted octanol–water partition coefficient (Wildman–Crippen LogP) is 3.02. The van der Waals surface area contributed by atoms with E-state index in [0.717, 1.165) is 58.4 Å². The van der Waals surface area contributed by atoms with Crippen LogP contribution in [0.2, 0.25) is 0 Å². The van der Waals surface area contributed by atoms with Gasteiger partial charge in [0, 0.05) is 37.3 Å². The standard InChI is InChI=1S/C21H33N3O2/c1-4-11-23(12-5-2)20(25)18-7-6-8-19(15-18)21(26)24-13-9-17(10-14-24)16-22-3/h6-8,15,17,22H,4-5,9-14,16H2,1-3H3. The van der Waals surface area contributed by atoms with Crippen LogP contribution in [0.4, 0.5) is 0 Å². The van der Waals surface area contributed by atoms with Crippen LogP contribution in [0, 0.1) is 5.92 Å². The molecule has 2 rings (SSSR count). The second-order valence-corrected chi connectivity index (χ2v) is 7.17. The van der Waals surface area contributed by atoms with Crippen LogP contribution in [0.5, 0.6) is 0 Å². The molecular formula is C21H33N3O2. The van der Waals surface area contributed by atoms with Gasteiger partial charge in [0.25, 0.3) is 11.8 Å². The van der Waals surface area contributed by atoms with E-state index >= 15 is 0 Å². The number of carbonyl (C=O) groups is 2. The van der Waals surface area contributed by atoms with E-state index in [2.05, 4.69) is 19.2 Å². The smallest absolute Gasteiger partial charge is 0.253 e. The summed E-state index contributed by atoms with van der Waals surface area (Å²) in [7, 11) is 1.97. The summed E-state index contributed by atoms with van der Waals surface area (Å²) in [6.07, 6.45) is 3.94. The number of nitrogens with one attached hydrogen (secondary N) is 1. The molecule has 1 N–H and O–H groups in total. The van der Waals surface area contributed by atoms with Gasteiger partial charge in [-0.1, -0.05) is 19.9 Å². The molecule has 1 saturated heterocycles. The molecule has 1 aliphatic heterocycles. The van der Waals surface area contributed by atoms with Crippen LogP contribution in [0.1, 0.15) is 60.2 Å². The van der Waals surface area contributed by atoms with Gasteiger partial charge in [-0.25, -0.2) is 0 Å². The lowest BCUT2D eigenvalue weighted by Crippen LogP contribution is -2.40. The Morgan fingerprint density at radius 3 is 2.31 bits per heavy atom. The Morgan fingerprint density at radius 2 is 1.73 bits per heavy atom. The molecule has 1 fully saturated rings. The first-order chi connectivity index (χ1) is 12.6. The van der Waals surface area contributed by atoms with Crippen molar-refractivity contribution in [1.29, 1.82) is 0 Å². The Kier molecular flexibility index (Phi) is 8.10. The summed E-state index contributed by atoms with van der Waals surface area (Å²) in [5.41, 5.74) is 1.23. The minimum absolute atomic E-state index is 0.0241. The lowest BCUT2D eigenvalue weighted by atomic mass is 9.96. The fourth-order valence-electron chi connectivity index (χ4n) is 3.63. The van der Waals surface area contributed by atoms with Crippen LogP contribution >= 0.6 is 0 Å². The lowest BCUT2D eigenvalue weighted by Gasteiger charge is -2.32. The number of carbonyl (C=O) groups excluding carboxylic acids is 2. The molecule has 0 radical (unpaired) electrons. The molecule has 1 heterocycles. The van der Waals surface area contributed by atoms with Gasteiger partial charge in [-0.15, -0.1) is 0 Å². The molecule has 1 aromatic carbocycles. The van der Waals surface area contributed by atoms with Crippen molar-refractivity contribution in [1.82, 2.24) is 15.1 Å². The first-order valence-electron chi connectivity index (χ1n) is 9.93. The maximum Gasteiger partial charge on any atom is 0.253 e. The van der Waals surface area contributed by atoms with Gasteiger partial charge in [-0.05, 0) is 63.4 Å². The number of likely N-dealkylation sites (tertiary alicyclic amines) is 1. The van der Waals surface area contributed by atoms with Crippen molar-refractivity contribution in [2.75, 3.05) is 39.8 Å². The van der Waals surface area contributed by atoms with Crippen molar-refractivity contribution < 1.29 is 9.59 Å². The van der Waals surface area contributed by atoms with E-state index in [1.54, 1.807) is 6.07 Å². The average molecular weight is 360 g/mol. The van der Waals surface area contributed by atoms with E-state index in [1.165, 1.54) is 0 Å². The van der Waals surface area contributed by atoms with E-state index in [9.17, 15) is 9.59 Å². The number of piperidine rings is 1. The van der Waals surface area contributed by atoms with Gasteiger partial charge >= 0.3 is 0 Å². The molecule has 5 nitrogen and oxygen atoms in total. The van der Waals surface area contributed by atoms with Crippen molar-refractivity contribution in [3.05, 3.63) is 35.4 Å². The molecule has 26 heavy (non-hydrogen) atoms. The summed E-state index contributed by atoms with van der Waals surface area (Å²) in [6.45, 7) is 8.26. The molecule has 1 aliphatic rings. The number of rotatable bonds is 8. The average Bonchev–Trinajstić information content (AvgIpc) is 2.67. The SMILES string of the molecule is CCCN(CCC)C(=O)c1cccc(C(=O)N2CCC(CNC)CC2)c1. The highest BCUT2D eigenvalue weighted by molar-refractivity contribution is 5.99. The van der Waals surface area contributed by atoms with Gasteiger partial charge in [0.05, 0.1) is 0 Å². The van der Waals surface area contributed by atoms with Crippen LogP contribution in [-0.4, -0.2) is 61.4 Å². The normalized spacial score (nSPS) is 15.1. The zero-order chi connectivity index (χ0) is 18.9. The third-order valence-electron chi connectivity index (χ3n) is 5.03. The summed E-state index contributed by atoms with van der Waals surface area (Å²) in [5, 5.41) is 3.22. The number of nitrogens with zero attached hydrogens (tertiary/aromatic N) is 2. The number of hydrogen-bond donors (Lipinski definition) is 1. The number of hydrogen-bond acceptors (Lipinski definition) is 3. The minimum atomic E-state index is 0.0241. The van der Waals surface area contributed by atoms with E-state index in [1.807, 2.05) is 35.0 Å². The molecule has 0 aliphatic carbocycles. The second-order valence-electron chi connectivity index (χ2n) is 7.17. The minimum Gasteiger partial charge on any atom is -0.339 e. The largest absolute Gasteiger partial charge is 0.339 e. The Balaban J connectivity index is 2.06. The zero-order valence-corrected chi connectivity index (χ0v) is 16.5. The molecule has 5 heteroatoms.